The summed E-state index contributed by atoms with van der Waals surface area (Å²) in [5, 5.41) is 3.10. The number of hydrogen-bond donors (Lipinski definition) is 1. The quantitative estimate of drug-likeness (QED) is 0.801. The third-order valence-corrected chi connectivity index (χ3v) is 5.09. The van der Waals surface area contributed by atoms with E-state index in [1.807, 2.05) is 34.6 Å². The van der Waals surface area contributed by atoms with E-state index in [9.17, 15) is 8.42 Å². The summed E-state index contributed by atoms with van der Waals surface area (Å²) in [6.07, 6.45) is 2.52. The summed E-state index contributed by atoms with van der Waals surface area (Å²) in [6.45, 7) is 11.1. The first-order valence-corrected chi connectivity index (χ1v) is 8.95. The van der Waals surface area contributed by atoms with Crippen LogP contribution in [-0.2, 0) is 10.0 Å². The lowest BCUT2D eigenvalue weighted by Crippen LogP contribution is -2.39. The highest BCUT2D eigenvalue weighted by molar-refractivity contribution is 7.89. The van der Waals surface area contributed by atoms with Crippen LogP contribution in [0.4, 0.5) is 5.82 Å². The summed E-state index contributed by atoms with van der Waals surface area (Å²) in [6, 6.07) is 3.20. The average molecular weight is 313 g/mol. The fourth-order valence-corrected chi connectivity index (χ4v) is 3.97. The molecule has 0 saturated heterocycles. The first kappa shape index (κ1) is 17.9. The molecule has 1 N–H and O–H groups in total. The van der Waals surface area contributed by atoms with Crippen LogP contribution in [-0.4, -0.2) is 36.8 Å². The molecule has 21 heavy (non-hydrogen) atoms. The zero-order valence-corrected chi connectivity index (χ0v) is 14.4. The van der Waals surface area contributed by atoms with E-state index in [0.717, 1.165) is 6.42 Å². The molecule has 0 fully saturated rings. The van der Waals surface area contributed by atoms with Crippen LogP contribution in [0.3, 0.4) is 0 Å². The van der Waals surface area contributed by atoms with Gasteiger partial charge in [-0.3, -0.25) is 0 Å². The Kier molecular flexibility index (Phi) is 6.61. The monoisotopic (exact) mass is 313 g/mol. The molecule has 5 nitrogen and oxygen atoms in total. The van der Waals surface area contributed by atoms with Crippen molar-refractivity contribution in [2.24, 2.45) is 5.92 Å². The highest BCUT2D eigenvalue weighted by Crippen LogP contribution is 2.24. The minimum Gasteiger partial charge on any atom is -0.369 e. The summed E-state index contributed by atoms with van der Waals surface area (Å²) in [7, 11) is -3.55. The molecular formula is C15H27N3O2S. The number of sulfonamides is 1. The lowest BCUT2D eigenvalue weighted by atomic mass is 10.2. The smallest absolute Gasteiger partial charge is 0.246 e. The Hall–Kier alpha value is -1.14. The zero-order valence-electron chi connectivity index (χ0n) is 13.6. The number of anilines is 1. The predicted molar refractivity (Wildman–Crippen MR) is 86.9 cm³/mol. The van der Waals surface area contributed by atoms with Gasteiger partial charge in [-0.15, -0.1) is 0 Å². The average Bonchev–Trinajstić information content (AvgIpc) is 2.42. The third-order valence-electron chi connectivity index (χ3n) is 3.02. The summed E-state index contributed by atoms with van der Waals surface area (Å²) in [5.41, 5.74) is 0. The van der Waals surface area contributed by atoms with Crippen LogP contribution in [0.5, 0.6) is 0 Å². The van der Waals surface area contributed by atoms with Gasteiger partial charge in [-0.05, 0) is 38.3 Å². The molecule has 0 atom stereocenters. The Morgan fingerprint density at radius 2 is 1.95 bits per heavy atom. The Morgan fingerprint density at radius 3 is 2.48 bits per heavy atom. The number of pyridine rings is 1. The highest BCUT2D eigenvalue weighted by Gasteiger charge is 2.30. The van der Waals surface area contributed by atoms with Crippen molar-refractivity contribution in [3.8, 4) is 0 Å². The Morgan fingerprint density at radius 1 is 1.29 bits per heavy atom. The zero-order chi connectivity index (χ0) is 16.0. The van der Waals surface area contributed by atoms with E-state index in [2.05, 4.69) is 10.3 Å². The van der Waals surface area contributed by atoms with Gasteiger partial charge in [-0.25, -0.2) is 13.4 Å². The molecule has 0 aliphatic heterocycles. The van der Waals surface area contributed by atoms with Crippen LogP contribution in [0.1, 0.15) is 41.0 Å². The standard InChI is InChI=1S/C15H27N3O2S/c1-6-9-16-15-14(8-7-10-17-15)21(19,20)18(13(4)5)11-12(2)3/h7-8,10,12-13H,6,9,11H2,1-5H3,(H,16,17). The molecule has 0 aromatic carbocycles. The maximum atomic E-state index is 12.9. The van der Waals surface area contributed by atoms with E-state index in [-0.39, 0.29) is 16.9 Å². The number of rotatable bonds is 8. The first-order valence-electron chi connectivity index (χ1n) is 7.51. The number of nitrogens with zero attached hydrogens (tertiary/aromatic N) is 2. The SMILES string of the molecule is CCCNc1ncccc1S(=O)(=O)N(CC(C)C)C(C)C. The molecule has 0 radical (unpaired) electrons. The van der Waals surface area contributed by atoms with E-state index < -0.39 is 10.0 Å². The minimum absolute atomic E-state index is 0.0865. The third kappa shape index (κ3) is 4.68. The summed E-state index contributed by atoms with van der Waals surface area (Å²) >= 11 is 0. The summed E-state index contributed by atoms with van der Waals surface area (Å²) in [4.78, 5) is 4.44. The molecule has 0 bridgehead atoms. The Labute approximate surface area is 128 Å². The fraction of sp³-hybridized carbons (Fsp3) is 0.667. The number of hydrogen-bond acceptors (Lipinski definition) is 4. The van der Waals surface area contributed by atoms with Crippen molar-refractivity contribution in [3.63, 3.8) is 0 Å². The van der Waals surface area contributed by atoms with Crippen molar-refractivity contribution in [2.45, 2.75) is 52.0 Å². The molecule has 0 unspecified atom stereocenters. The second-order valence-electron chi connectivity index (χ2n) is 5.84. The van der Waals surface area contributed by atoms with Crippen molar-refractivity contribution in [1.29, 1.82) is 0 Å². The normalized spacial score (nSPS) is 12.4. The second kappa shape index (κ2) is 7.75. The van der Waals surface area contributed by atoms with E-state index in [0.29, 0.717) is 18.9 Å². The molecule has 0 aliphatic carbocycles. The lowest BCUT2D eigenvalue weighted by Gasteiger charge is -2.28. The van der Waals surface area contributed by atoms with Crippen molar-refractivity contribution >= 4 is 15.8 Å². The van der Waals surface area contributed by atoms with Gasteiger partial charge in [0, 0.05) is 25.3 Å². The topological polar surface area (TPSA) is 62.3 Å². The predicted octanol–water partition coefficient (Wildman–Crippen LogP) is 2.96. The maximum absolute atomic E-state index is 12.9. The maximum Gasteiger partial charge on any atom is 0.246 e. The number of nitrogens with one attached hydrogen (secondary N) is 1. The van der Waals surface area contributed by atoms with Gasteiger partial charge in [0.05, 0.1) is 0 Å². The van der Waals surface area contributed by atoms with Crippen LogP contribution in [0.25, 0.3) is 0 Å². The Bertz CT molecular complexity index is 542. The molecule has 1 aromatic rings. The molecular weight excluding hydrogens is 286 g/mol. The lowest BCUT2D eigenvalue weighted by molar-refractivity contribution is 0.319. The van der Waals surface area contributed by atoms with Crippen molar-refractivity contribution in [1.82, 2.24) is 9.29 Å². The van der Waals surface area contributed by atoms with Crippen LogP contribution >= 0.6 is 0 Å². The second-order valence-corrected chi connectivity index (χ2v) is 7.70. The largest absolute Gasteiger partial charge is 0.369 e. The molecule has 6 heteroatoms. The van der Waals surface area contributed by atoms with Gasteiger partial charge >= 0.3 is 0 Å². The van der Waals surface area contributed by atoms with Crippen LogP contribution < -0.4 is 5.32 Å². The van der Waals surface area contributed by atoms with Crippen molar-refractivity contribution < 1.29 is 8.42 Å². The molecule has 0 spiro atoms. The fourth-order valence-electron chi connectivity index (χ4n) is 2.05. The van der Waals surface area contributed by atoms with Gasteiger partial charge in [-0.1, -0.05) is 20.8 Å². The van der Waals surface area contributed by atoms with E-state index in [1.165, 1.54) is 0 Å². The van der Waals surface area contributed by atoms with Crippen LogP contribution in [0, 0.1) is 5.92 Å². The van der Waals surface area contributed by atoms with E-state index in [1.54, 1.807) is 22.6 Å². The van der Waals surface area contributed by atoms with Crippen molar-refractivity contribution in [2.75, 3.05) is 18.4 Å². The molecule has 0 saturated carbocycles. The summed E-state index contributed by atoms with van der Waals surface area (Å²) < 4.78 is 27.4. The summed E-state index contributed by atoms with van der Waals surface area (Å²) in [5.74, 6) is 0.708. The highest BCUT2D eigenvalue weighted by atomic mass is 32.2. The van der Waals surface area contributed by atoms with Gasteiger partial charge in [0.25, 0.3) is 0 Å². The van der Waals surface area contributed by atoms with Gasteiger partial charge in [0.15, 0.2) is 0 Å². The molecule has 120 valence electrons. The van der Waals surface area contributed by atoms with E-state index in [4.69, 9.17) is 0 Å². The molecule has 1 aromatic heterocycles. The molecule has 0 aliphatic rings. The van der Waals surface area contributed by atoms with E-state index >= 15 is 0 Å². The first-order chi connectivity index (χ1) is 9.80. The minimum atomic E-state index is -3.55. The van der Waals surface area contributed by atoms with Gasteiger partial charge < -0.3 is 5.32 Å². The van der Waals surface area contributed by atoms with Gasteiger partial charge in [0.1, 0.15) is 10.7 Å². The van der Waals surface area contributed by atoms with Gasteiger partial charge in [0.2, 0.25) is 10.0 Å². The Balaban J connectivity index is 3.21. The van der Waals surface area contributed by atoms with Crippen LogP contribution in [0.15, 0.2) is 23.2 Å². The molecule has 1 heterocycles. The molecule has 0 amide bonds. The van der Waals surface area contributed by atoms with Crippen LogP contribution in [0.2, 0.25) is 0 Å². The van der Waals surface area contributed by atoms with Gasteiger partial charge in [-0.2, -0.15) is 4.31 Å². The number of aromatic nitrogens is 1. The van der Waals surface area contributed by atoms with Crippen molar-refractivity contribution in [3.05, 3.63) is 18.3 Å². The molecule has 1 rings (SSSR count).